The van der Waals surface area contributed by atoms with Crippen molar-refractivity contribution in [1.82, 2.24) is 14.8 Å². The summed E-state index contributed by atoms with van der Waals surface area (Å²) in [6.45, 7) is 2.14. The number of hydrogen-bond donors (Lipinski definition) is 0. The fourth-order valence-corrected chi connectivity index (χ4v) is 1.74. The van der Waals surface area contributed by atoms with Crippen LogP contribution in [0.15, 0.2) is 30.7 Å². The number of rotatable bonds is 2. The molecule has 0 aliphatic rings. The molecule has 0 saturated carbocycles. The van der Waals surface area contributed by atoms with Gasteiger partial charge >= 0.3 is 6.09 Å². The van der Waals surface area contributed by atoms with Crippen LogP contribution in [0.3, 0.4) is 0 Å². The minimum absolute atomic E-state index is 0.0743. The van der Waals surface area contributed by atoms with Crippen LogP contribution in [0, 0.1) is 0 Å². The van der Waals surface area contributed by atoms with E-state index in [1.807, 2.05) is 0 Å². The average Bonchev–Trinajstić information content (AvgIpc) is 2.78. The lowest BCUT2D eigenvalue weighted by atomic mass is 10.2. The molecule has 0 atom stereocenters. The van der Waals surface area contributed by atoms with Gasteiger partial charge in [-0.1, -0.05) is 11.6 Å². The summed E-state index contributed by atoms with van der Waals surface area (Å²) in [5, 5.41) is 3.90. The Morgan fingerprint density at radius 2 is 2.29 bits per heavy atom. The molecule has 0 fully saturated rings. The summed E-state index contributed by atoms with van der Waals surface area (Å²) < 4.78 is 29.4. The van der Waals surface area contributed by atoms with E-state index in [0.717, 1.165) is 0 Å². The average molecular weight is 312 g/mol. The predicted octanol–water partition coefficient (Wildman–Crippen LogP) is 3.29. The first-order valence-corrected chi connectivity index (χ1v) is 6.55. The van der Waals surface area contributed by atoms with Gasteiger partial charge in [0.2, 0.25) is 0 Å². The summed E-state index contributed by atoms with van der Waals surface area (Å²) in [6, 6.07) is 3.41. The zero-order chi connectivity index (χ0) is 18.1. The molecular weight excluding hydrogens is 292 g/mol. The molecule has 0 N–H and O–H groups in total. The predicted molar refractivity (Wildman–Crippen MR) is 81.0 cm³/mol. The van der Waals surface area contributed by atoms with E-state index >= 15 is 0 Å². The minimum atomic E-state index is -2.78. The van der Waals surface area contributed by atoms with Crippen molar-refractivity contribution in [2.45, 2.75) is 26.4 Å². The van der Waals surface area contributed by atoms with Crippen LogP contribution in [0.2, 0.25) is 5.15 Å². The smallest absolute Gasteiger partial charge is 0.414 e. The molecule has 0 spiro atoms. The molecule has 112 valence electrons. The van der Waals surface area contributed by atoms with E-state index in [0.29, 0.717) is 10.6 Å². The normalized spacial score (nSPS) is 14.0. The van der Waals surface area contributed by atoms with Gasteiger partial charge in [0.05, 0.1) is 18.1 Å². The number of aromatic nitrogens is 3. The third-order valence-corrected chi connectivity index (χ3v) is 2.65. The fourth-order valence-electron chi connectivity index (χ4n) is 1.52. The highest BCUT2D eigenvalue weighted by molar-refractivity contribution is 6.32. The zero-order valence-electron chi connectivity index (χ0n) is 14.9. The molecule has 0 radical (unpaired) electrons. The quantitative estimate of drug-likeness (QED) is 0.854. The lowest BCUT2D eigenvalue weighted by Gasteiger charge is -2.23. The maximum atomic E-state index is 12.3. The molecule has 0 saturated heterocycles. The highest BCUT2D eigenvalue weighted by Crippen LogP contribution is 2.26. The highest BCUT2D eigenvalue weighted by atomic mass is 35.5. The molecule has 0 aliphatic carbocycles. The van der Waals surface area contributed by atoms with E-state index in [9.17, 15) is 4.79 Å². The Balaban J connectivity index is 2.45. The Kier molecular flexibility index (Phi) is 3.16. The van der Waals surface area contributed by atoms with Gasteiger partial charge in [-0.25, -0.2) is 9.48 Å². The summed E-state index contributed by atoms with van der Waals surface area (Å²) in [5.74, 6) is 0. The molecule has 2 heterocycles. The minimum Gasteiger partial charge on any atom is -0.443 e. The number of nitrogens with zero attached hydrogens (tertiary/aromatic N) is 4. The largest absolute Gasteiger partial charge is 0.443 e. The topological polar surface area (TPSA) is 60.2 Å². The van der Waals surface area contributed by atoms with Crippen LogP contribution in [-0.2, 0) is 4.74 Å². The second-order valence-corrected chi connectivity index (χ2v) is 5.63. The van der Waals surface area contributed by atoms with Gasteiger partial charge in [0, 0.05) is 17.3 Å². The number of ether oxygens (including phenoxy) is 1. The molecule has 0 unspecified atom stereocenters. The van der Waals surface area contributed by atoms with Crippen LogP contribution in [-0.4, -0.2) is 33.4 Å². The number of carbonyl (C=O) groups excluding carboxylic acids is 1. The fraction of sp³-hybridized carbons (Fsp3) is 0.357. The number of carbonyl (C=O) groups is 1. The summed E-state index contributed by atoms with van der Waals surface area (Å²) in [5.41, 5.74) is -0.359. The Morgan fingerprint density at radius 1 is 1.52 bits per heavy atom. The molecule has 2 aromatic heterocycles. The van der Waals surface area contributed by atoms with Gasteiger partial charge in [0.1, 0.15) is 11.3 Å². The van der Waals surface area contributed by atoms with Crippen LogP contribution < -0.4 is 4.90 Å². The first-order chi connectivity index (χ1) is 11.0. The van der Waals surface area contributed by atoms with Crippen molar-refractivity contribution in [2.75, 3.05) is 11.9 Å². The second kappa shape index (κ2) is 5.73. The van der Waals surface area contributed by atoms with Crippen LogP contribution in [0.1, 0.15) is 24.9 Å². The van der Waals surface area contributed by atoms with Gasteiger partial charge < -0.3 is 4.74 Å². The van der Waals surface area contributed by atoms with Crippen LogP contribution >= 0.6 is 11.6 Å². The van der Waals surface area contributed by atoms with E-state index in [4.69, 9.17) is 20.5 Å². The molecule has 0 aliphatic heterocycles. The Morgan fingerprint density at radius 3 is 2.86 bits per heavy atom. The van der Waals surface area contributed by atoms with Crippen molar-refractivity contribution < 1.29 is 13.6 Å². The molecule has 1 amide bonds. The SMILES string of the molecule is [2H]C([2H])([2H])N(C(=O)OC(C)(C)C)c1cn(-c2cccnc2)nc1Cl. The lowest BCUT2D eigenvalue weighted by Crippen LogP contribution is -2.34. The van der Waals surface area contributed by atoms with Gasteiger partial charge in [0.25, 0.3) is 0 Å². The molecule has 7 heteroatoms. The van der Waals surface area contributed by atoms with Crippen molar-refractivity contribution in [2.24, 2.45) is 0 Å². The van der Waals surface area contributed by atoms with Crippen molar-refractivity contribution in [3.63, 3.8) is 0 Å². The summed E-state index contributed by atoms with van der Waals surface area (Å²) >= 11 is 6.06. The molecule has 21 heavy (non-hydrogen) atoms. The van der Waals surface area contributed by atoms with E-state index in [2.05, 4.69) is 10.1 Å². The standard InChI is InChI=1S/C14H17ClN4O2/c1-14(2,3)21-13(20)18(4)11-9-19(17-12(11)15)10-6-5-7-16-8-10/h5-9H,1-4H3/i4D3. The molecular formula is C14H17ClN4O2. The van der Waals surface area contributed by atoms with E-state index in [-0.39, 0.29) is 10.8 Å². The summed E-state index contributed by atoms with van der Waals surface area (Å²) in [7, 11) is 0. The molecule has 2 aromatic rings. The number of pyridine rings is 1. The van der Waals surface area contributed by atoms with Crippen molar-refractivity contribution in [3.8, 4) is 5.69 Å². The number of hydrogen-bond acceptors (Lipinski definition) is 4. The summed E-state index contributed by atoms with van der Waals surface area (Å²) in [6.07, 6.45) is 3.43. The van der Waals surface area contributed by atoms with E-state index in [1.165, 1.54) is 17.1 Å². The summed E-state index contributed by atoms with van der Waals surface area (Å²) in [4.78, 5) is 16.8. The van der Waals surface area contributed by atoms with Gasteiger partial charge in [-0.05, 0) is 32.9 Å². The first kappa shape index (κ1) is 11.6. The van der Waals surface area contributed by atoms with E-state index < -0.39 is 18.7 Å². The van der Waals surface area contributed by atoms with E-state index in [1.54, 1.807) is 39.1 Å². The third-order valence-electron chi connectivity index (χ3n) is 2.38. The highest BCUT2D eigenvalue weighted by Gasteiger charge is 2.23. The third kappa shape index (κ3) is 3.72. The molecule has 2 rings (SSSR count). The van der Waals surface area contributed by atoms with Gasteiger partial charge in [-0.3, -0.25) is 9.88 Å². The van der Waals surface area contributed by atoms with Crippen molar-refractivity contribution in [3.05, 3.63) is 35.9 Å². The maximum absolute atomic E-state index is 12.3. The van der Waals surface area contributed by atoms with Gasteiger partial charge in [-0.15, -0.1) is 0 Å². The van der Waals surface area contributed by atoms with Gasteiger partial charge in [-0.2, -0.15) is 5.10 Å². The van der Waals surface area contributed by atoms with Crippen LogP contribution in [0.4, 0.5) is 10.5 Å². The zero-order valence-corrected chi connectivity index (χ0v) is 12.6. The van der Waals surface area contributed by atoms with Crippen molar-refractivity contribution in [1.29, 1.82) is 0 Å². The number of halogens is 1. The Hall–Kier alpha value is -2.08. The maximum Gasteiger partial charge on any atom is 0.414 e. The molecule has 0 aromatic carbocycles. The number of anilines is 1. The lowest BCUT2D eigenvalue weighted by molar-refractivity contribution is 0.0589. The molecule has 0 bridgehead atoms. The Bertz CT molecular complexity index is 726. The van der Waals surface area contributed by atoms with Crippen LogP contribution in [0.25, 0.3) is 5.69 Å². The van der Waals surface area contributed by atoms with Gasteiger partial charge in [0.15, 0.2) is 5.15 Å². The van der Waals surface area contributed by atoms with Crippen LogP contribution in [0.5, 0.6) is 0 Å². The number of amides is 1. The first-order valence-electron chi connectivity index (χ1n) is 7.68. The second-order valence-electron chi connectivity index (χ2n) is 5.28. The Labute approximate surface area is 132 Å². The molecule has 6 nitrogen and oxygen atoms in total. The monoisotopic (exact) mass is 311 g/mol. The van der Waals surface area contributed by atoms with Crippen molar-refractivity contribution >= 4 is 23.4 Å².